The Morgan fingerprint density at radius 1 is 1.28 bits per heavy atom. The number of hydrogen-bond acceptors (Lipinski definition) is 2. The van der Waals surface area contributed by atoms with Gasteiger partial charge in [0.05, 0.1) is 0 Å². The average Bonchev–Trinajstić information content (AvgIpc) is 2.64. The second-order valence-electron chi connectivity index (χ2n) is 4.84. The molecule has 96 valence electrons. The largest absolute Gasteiger partial charge is 0.352 e. The van der Waals surface area contributed by atoms with Gasteiger partial charge in [-0.25, -0.2) is 0 Å². The van der Waals surface area contributed by atoms with Crippen LogP contribution in [0.1, 0.15) is 35.5 Å². The van der Waals surface area contributed by atoms with Gasteiger partial charge in [0.15, 0.2) is 0 Å². The van der Waals surface area contributed by atoms with E-state index in [1.807, 2.05) is 12.4 Å². The van der Waals surface area contributed by atoms with Crippen LogP contribution in [0.25, 0.3) is 0 Å². The number of aryl methyl sites for hydroxylation is 1. The molecule has 0 bridgehead atoms. The minimum atomic E-state index is 0.341. The average molecular weight is 243 g/mol. The molecule has 0 radical (unpaired) electrons. The van der Waals surface area contributed by atoms with E-state index < -0.39 is 0 Å². The molecule has 1 N–H and O–H groups in total. The Bertz CT molecular complexity index is 514. The topological polar surface area (TPSA) is 29.9 Å². The number of nitrogens with zero attached hydrogens (tertiary/aromatic N) is 2. The van der Waals surface area contributed by atoms with Crippen LogP contribution in [0.2, 0.25) is 0 Å². The van der Waals surface area contributed by atoms with Gasteiger partial charge in [-0.2, -0.15) is 0 Å². The third-order valence-electron chi connectivity index (χ3n) is 3.68. The molecule has 3 nitrogen and oxygen atoms in total. The van der Waals surface area contributed by atoms with Gasteiger partial charge in [-0.1, -0.05) is 0 Å². The van der Waals surface area contributed by atoms with Gasteiger partial charge in [0.1, 0.15) is 0 Å². The minimum absolute atomic E-state index is 0.341. The second-order valence-corrected chi connectivity index (χ2v) is 4.84. The molecule has 3 heteroatoms. The zero-order valence-corrected chi connectivity index (χ0v) is 11.6. The molecule has 0 fully saturated rings. The summed E-state index contributed by atoms with van der Waals surface area (Å²) in [6.07, 6.45) is 3.68. The van der Waals surface area contributed by atoms with Crippen molar-refractivity contribution in [3.63, 3.8) is 0 Å². The van der Waals surface area contributed by atoms with E-state index in [0.29, 0.717) is 6.04 Å². The molecule has 0 saturated heterocycles. The molecule has 0 aliphatic rings. The van der Waals surface area contributed by atoms with Crippen molar-refractivity contribution in [2.24, 2.45) is 7.05 Å². The van der Waals surface area contributed by atoms with E-state index in [4.69, 9.17) is 0 Å². The highest BCUT2D eigenvalue weighted by molar-refractivity contribution is 5.26. The fraction of sp³-hybridized carbons (Fsp3) is 0.400. The van der Waals surface area contributed by atoms with Gasteiger partial charge in [0.25, 0.3) is 0 Å². The summed E-state index contributed by atoms with van der Waals surface area (Å²) in [7, 11) is 2.11. The fourth-order valence-electron chi connectivity index (χ4n) is 2.15. The van der Waals surface area contributed by atoms with Crippen LogP contribution >= 0.6 is 0 Å². The summed E-state index contributed by atoms with van der Waals surface area (Å²) in [5, 5.41) is 3.56. The van der Waals surface area contributed by atoms with Crippen LogP contribution in [0, 0.1) is 13.8 Å². The summed E-state index contributed by atoms with van der Waals surface area (Å²) in [6, 6.07) is 6.70. The van der Waals surface area contributed by atoms with Crippen LogP contribution in [0.5, 0.6) is 0 Å². The minimum Gasteiger partial charge on any atom is -0.352 e. The molecule has 0 aromatic carbocycles. The Kier molecular flexibility index (Phi) is 3.82. The van der Waals surface area contributed by atoms with Crippen molar-refractivity contribution in [1.82, 2.24) is 14.9 Å². The van der Waals surface area contributed by atoms with Crippen LogP contribution < -0.4 is 5.32 Å². The van der Waals surface area contributed by atoms with E-state index in [1.165, 1.54) is 22.5 Å². The van der Waals surface area contributed by atoms with Crippen LogP contribution in [0.15, 0.2) is 30.6 Å². The predicted octanol–water partition coefficient (Wildman–Crippen LogP) is 2.89. The highest BCUT2D eigenvalue weighted by Gasteiger charge is 2.08. The maximum atomic E-state index is 4.04. The molecule has 2 rings (SSSR count). The Morgan fingerprint density at radius 2 is 1.94 bits per heavy atom. The van der Waals surface area contributed by atoms with Crippen LogP contribution in [0.4, 0.5) is 0 Å². The highest BCUT2D eigenvalue weighted by Crippen LogP contribution is 2.16. The number of hydrogen-bond donors (Lipinski definition) is 1. The Labute approximate surface area is 109 Å². The van der Waals surface area contributed by atoms with Gasteiger partial charge in [-0.05, 0) is 50.1 Å². The first-order valence-corrected chi connectivity index (χ1v) is 6.34. The van der Waals surface area contributed by atoms with Crippen LogP contribution in [-0.4, -0.2) is 9.55 Å². The molecule has 0 saturated carbocycles. The molecule has 18 heavy (non-hydrogen) atoms. The lowest BCUT2D eigenvalue weighted by atomic mass is 10.1. The van der Waals surface area contributed by atoms with E-state index in [2.05, 4.69) is 60.9 Å². The van der Waals surface area contributed by atoms with Gasteiger partial charge >= 0.3 is 0 Å². The molecule has 0 spiro atoms. The quantitative estimate of drug-likeness (QED) is 0.895. The van der Waals surface area contributed by atoms with Crippen molar-refractivity contribution < 1.29 is 0 Å². The van der Waals surface area contributed by atoms with Crippen LogP contribution in [0.3, 0.4) is 0 Å². The summed E-state index contributed by atoms with van der Waals surface area (Å²) >= 11 is 0. The summed E-state index contributed by atoms with van der Waals surface area (Å²) in [4.78, 5) is 4.04. The van der Waals surface area contributed by atoms with E-state index in [1.54, 1.807) is 0 Å². The van der Waals surface area contributed by atoms with E-state index >= 15 is 0 Å². The van der Waals surface area contributed by atoms with Gasteiger partial charge in [0.2, 0.25) is 0 Å². The first-order chi connectivity index (χ1) is 8.59. The number of nitrogens with one attached hydrogen (secondary N) is 1. The zero-order valence-electron chi connectivity index (χ0n) is 11.6. The third-order valence-corrected chi connectivity index (χ3v) is 3.68. The first-order valence-electron chi connectivity index (χ1n) is 6.34. The van der Waals surface area contributed by atoms with Crippen molar-refractivity contribution in [3.05, 3.63) is 53.1 Å². The summed E-state index contributed by atoms with van der Waals surface area (Å²) in [6.45, 7) is 7.39. The molecule has 0 amide bonds. The molecule has 1 atom stereocenters. The first kappa shape index (κ1) is 12.8. The van der Waals surface area contributed by atoms with Gasteiger partial charge < -0.3 is 9.88 Å². The highest BCUT2D eigenvalue weighted by atomic mass is 15.0. The van der Waals surface area contributed by atoms with Crippen LogP contribution in [-0.2, 0) is 13.6 Å². The third kappa shape index (κ3) is 2.62. The number of aromatic nitrogens is 2. The Balaban J connectivity index is 2.02. The zero-order chi connectivity index (χ0) is 13.1. The van der Waals surface area contributed by atoms with Crippen molar-refractivity contribution in [3.8, 4) is 0 Å². The Morgan fingerprint density at radius 3 is 2.50 bits per heavy atom. The fourth-order valence-corrected chi connectivity index (χ4v) is 2.15. The normalized spacial score (nSPS) is 12.7. The molecular formula is C15H21N3. The molecule has 2 aromatic heterocycles. The summed E-state index contributed by atoms with van der Waals surface area (Å²) < 4.78 is 2.23. The molecular weight excluding hydrogens is 222 g/mol. The molecule has 0 aliphatic carbocycles. The molecule has 0 aliphatic heterocycles. The number of pyridine rings is 1. The molecule has 1 unspecified atom stereocenters. The lowest BCUT2D eigenvalue weighted by molar-refractivity contribution is 0.572. The van der Waals surface area contributed by atoms with Crippen molar-refractivity contribution in [2.45, 2.75) is 33.4 Å². The lowest BCUT2D eigenvalue weighted by Gasteiger charge is -2.14. The summed E-state index contributed by atoms with van der Waals surface area (Å²) in [5.41, 5.74) is 5.29. The van der Waals surface area contributed by atoms with Gasteiger partial charge in [0, 0.05) is 43.4 Å². The van der Waals surface area contributed by atoms with Gasteiger partial charge in [-0.15, -0.1) is 0 Å². The van der Waals surface area contributed by atoms with Crippen molar-refractivity contribution in [1.29, 1.82) is 0 Å². The standard InChI is InChI=1S/C15H21N3/c1-11-9-15(13(3)18(11)4)10-17-12(2)14-5-7-16-8-6-14/h5-9,12,17H,10H2,1-4H3. The monoisotopic (exact) mass is 243 g/mol. The molecule has 2 aromatic rings. The van der Waals surface area contributed by atoms with Crippen molar-refractivity contribution in [2.75, 3.05) is 0 Å². The lowest BCUT2D eigenvalue weighted by Crippen LogP contribution is -2.18. The van der Waals surface area contributed by atoms with Gasteiger partial charge in [-0.3, -0.25) is 4.98 Å². The van der Waals surface area contributed by atoms with E-state index in [9.17, 15) is 0 Å². The maximum absolute atomic E-state index is 4.04. The predicted molar refractivity (Wildman–Crippen MR) is 74.4 cm³/mol. The summed E-state index contributed by atoms with van der Waals surface area (Å²) in [5.74, 6) is 0. The van der Waals surface area contributed by atoms with E-state index in [0.717, 1.165) is 6.54 Å². The second kappa shape index (κ2) is 5.36. The smallest absolute Gasteiger partial charge is 0.0296 e. The maximum Gasteiger partial charge on any atom is 0.0296 e. The Hall–Kier alpha value is -1.61. The van der Waals surface area contributed by atoms with Crippen molar-refractivity contribution >= 4 is 0 Å². The SMILES string of the molecule is Cc1cc(CNC(C)c2ccncc2)c(C)n1C. The number of rotatable bonds is 4. The molecule has 2 heterocycles. The van der Waals surface area contributed by atoms with E-state index in [-0.39, 0.29) is 0 Å².